The Labute approximate surface area is 119 Å². The number of aromatic nitrogens is 4. The summed E-state index contributed by atoms with van der Waals surface area (Å²) in [5.74, 6) is 1.64. The molecule has 0 atom stereocenters. The Kier molecular flexibility index (Phi) is 2.51. The fraction of sp³-hybridized carbons (Fsp3) is 0. The van der Waals surface area contributed by atoms with Crippen LogP contribution in [0.15, 0.2) is 40.7 Å². The van der Waals surface area contributed by atoms with Gasteiger partial charge in [-0.15, -0.1) is 5.10 Å². The first kappa shape index (κ1) is 11.0. The summed E-state index contributed by atoms with van der Waals surface area (Å²) in [7, 11) is 0. The molecule has 0 spiro atoms. The lowest BCUT2D eigenvalue weighted by molar-refractivity contribution is 0.961. The van der Waals surface area contributed by atoms with Gasteiger partial charge < -0.3 is 0 Å². The summed E-state index contributed by atoms with van der Waals surface area (Å²) in [6, 6.07) is 8.18. The van der Waals surface area contributed by atoms with Gasteiger partial charge >= 0.3 is 0 Å². The van der Waals surface area contributed by atoms with E-state index in [0.29, 0.717) is 0 Å². The second-order valence-electron chi connectivity index (χ2n) is 4.16. The van der Waals surface area contributed by atoms with Gasteiger partial charge in [-0.1, -0.05) is 45.0 Å². The van der Waals surface area contributed by atoms with Crippen LogP contribution >= 0.6 is 20.7 Å². The summed E-state index contributed by atoms with van der Waals surface area (Å²) < 4.78 is 6.20. The standard InChI is InChI=1S/C14H9IN4/c1-2-4-11-10(3-1)7-16-8-12(11)14-17-13-5-6-15-9-19(13)18-14/h1-9H. The molecule has 1 aliphatic rings. The van der Waals surface area contributed by atoms with Gasteiger partial charge in [0.15, 0.2) is 11.6 Å². The number of rotatable bonds is 1. The van der Waals surface area contributed by atoms with E-state index in [1.54, 1.807) is 0 Å². The van der Waals surface area contributed by atoms with E-state index >= 15 is 0 Å². The van der Waals surface area contributed by atoms with Gasteiger partial charge in [0.2, 0.25) is 0 Å². The molecule has 2 aromatic heterocycles. The third-order valence-corrected chi connectivity index (χ3v) is 4.62. The predicted molar refractivity (Wildman–Crippen MR) is 85.3 cm³/mol. The topological polar surface area (TPSA) is 43.6 Å². The molecule has 0 aliphatic carbocycles. The summed E-state index contributed by atoms with van der Waals surface area (Å²) in [6.45, 7) is 0. The molecular formula is C14H9IN4. The molecule has 0 radical (unpaired) electrons. The maximum atomic E-state index is 4.58. The first-order chi connectivity index (χ1) is 9.42. The third kappa shape index (κ3) is 1.81. The van der Waals surface area contributed by atoms with E-state index in [4.69, 9.17) is 0 Å². The maximum Gasteiger partial charge on any atom is 0.184 e. The zero-order chi connectivity index (χ0) is 12.7. The van der Waals surface area contributed by atoms with Crippen molar-refractivity contribution < 1.29 is 0 Å². The summed E-state index contributed by atoms with van der Waals surface area (Å²) in [5, 5.41) is 6.81. The van der Waals surface area contributed by atoms with Crippen LogP contribution in [0.2, 0.25) is 0 Å². The van der Waals surface area contributed by atoms with Crippen LogP contribution < -0.4 is 0 Å². The van der Waals surface area contributed by atoms with Crippen LogP contribution in [0.25, 0.3) is 28.2 Å². The molecule has 4 nitrogen and oxygen atoms in total. The summed E-state index contributed by atoms with van der Waals surface area (Å²) in [5.41, 5.74) is 0.986. The molecule has 92 valence electrons. The number of fused-ring (bicyclic) bond motifs is 2. The van der Waals surface area contributed by atoms with E-state index in [2.05, 4.69) is 35.4 Å². The largest absolute Gasteiger partial charge is 0.263 e. The number of pyridine rings is 1. The van der Waals surface area contributed by atoms with E-state index in [1.165, 1.54) is 0 Å². The van der Waals surface area contributed by atoms with Crippen molar-refractivity contribution in [2.45, 2.75) is 0 Å². The Morgan fingerprint density at radius 2 is 2.05 bits per heavy atom. The number of halogens is 1. The van der Waals surface area contributed by atoms with Gasteiger partial charge in [-0.3, -0.25) is 4.98 Å². The van der Waals surface area contributed by atoms with Crippen molar-refractivity contribution in [2.24, 2.45) is 0 Å². The highest BCUT2D eigenvalue weighted by molar-refractivity contribution is 14.2. The summed E-state index contributed by atoms with van der Waals surface area (Å²) in [4.78, 5) is 8.87. The highest BCUT2D eigenvalue weighted by Gasteiger charge is 2.12. The van der Waals surface area contributed by atoms with Gasteiger partial charge in [-0.05, 0) is 15.5 Å². The molecule has 3 heterocycles. The van der Waals surface area contributed by atoms with Crippen LogP contribution in [0.4, 0.5) is 0 Å². The minimum atomic E-state index is -0.0270. The van der Waals surface area contributed by atoms with Crippen LogP contribution in [-0.2, 0) is 0 Å². The molecule has 0 fully saturated rings. The number of hydrogen-bond donors (Lipinski definition) is 0. The van der Waals surface area contributed by atoms with Crippen molar-refractivity contribution >= 4 is 41.7 Å². The Bertz CT molecular complexity index is 798. The number of hydrogen-bond acceptors (Lipinski definition) is 3. The van der Waals surface area contributed by atoms with Crippen LogP contribution in [0.5, 0.6) is 0 Å². The Morgan fingerprint density at radius 3 is 3.00 bits per heavy atom. The Hall–Kier alpha value is -1.89. The van der Waals surface area contributed by atoms with Crippen molar-refractivity contribution in [3.63, 3.8) is 0 Å². The second kappa shape index (κ2) is 4.34. The molecule has 0 saturated heterocycles. The maximum absolute atomic E-state index is 4.58. The first-order valence-electron chi connectivity index (χ1n) is 5.83. The first-order valence-corrected chi connectivity index (χ1v) is 8.32. The highest BCUT2D eigenvalue weighted by atomic mass is 127. The van der Waals surface area contributed by atoms with Gasteiger partial charge in [0.1, 0.15) is 0 Å². The van der Waals surface area contributed by atoms with Gasteiger partial charge in [-0.25, -0.2) is 9.67 Å². The zero-order valence-electron chi connectivity index (χ0n) is 9.86. The van der Waals surface area contributed by atoms with E-state index in [9.17, 15) is 0 Å². The van der Waals surface area contributed by atoms with E-state index in [1.807, 2.05) is 35.3 Å². The van der Waals surface area contributed by atoms with Gasteiger partial charge in [0.05, 0.1) is 4.14 Å². The molecule has 0 saturated carbocycles. The summed E-state index contributed by atoms with van der Waals surface area (Å²) in [6.07, 6.45) is 5.75. The molecule has 4 rings (SSSR count). The molecule has 0 unspecified atom stereocenters. The molecule has 1 aliphatic heterocycles. The molecule has 0 bridgehead atoms. The van der Waals surface area contributed by atoms with Crippen LogP contribution in [0.3, 0.4) is 0 Å². The van der Waals surface area contributed by atoms with Gasteiger partial charge in [-0.2, -0.15) is 0 Å². The molecule has 5 heteroatoms. The number of nitrogens with zero attached hydrogens (tertiary/aromatic N) is 4. The monoisotopic (exact) mass is 360 g/mol. The lowest BCUT2D eigenvalue weighted by atomic mass is 10.1. The molecule has 0 N–H and O–H groups in total. The van der Waals surface area contributed by atoms with Gasteiger partial charge in [0, 0.05) is 23.3 Å². The highest BCUT2D eigenvalue weighted by Crippen LogP contribution is 2.26. The van der Waals surface area contributed by atoms with Crippen LogP contribution in [0.1, 0.15) is 5.82 Å². The van der Waals surface area contributed by atoms with E-state index in [-0.39, 0.29) is 20.7 Å². The van der Waals surface area contributed by atoms with Crippen LogP contribution in [-0.4, -0.2) is 23.9 Å². The van der Waals surface area contributed by atoms with Crippen molar-refractivity contribution in [1.29, 1.82) is 0 Å². The van der Waals surface area contributed by atoms with Crippen LogP contribution in [0, 0.1) is 0 Å². The third-order valence-electron chi connectivity index (χ3n) is 3.00. The minimum absolute atomic E-state index is 0.0270. The molecule has 1 aromatic carbocycles. The zero-order valence-corrected chi connectivity index (χ0v) is 12.0. The molecule has 3 aromatic rings. The predicted octanol–water partition coefficient (Wildman–Crippen LogP) is 3.06. The fourth-order valence-electron chi connectivity index (χ4n) is 2.11. The normalized spacial score (nSPS) is 13.3. The van der Waals surface area contributed by atoms with Gasteiger partial charge in [0.25, 0.3) is 0 Å². The van der Waals surface area contributed by atoms with Crippen molar-refractivity contribution in [2.75, 3.05) is 0 Å². The lowest BCUT2D eigenvalue weighted by Gasteiger charge is -2.01. The average molecular weight is 360 g/mol. The second-order valence-corrected chi connectivity index (χ2v) is 6.16. The molecular weight excluding hydrogens is 351 g/mol. The Morgan fingerprint density at radius 1 is 1.11 bits per heavy atom. The molecule has 19 heavy (non-hydrogen) atoms. The SMILES string of the molecule is C1=Cc2nc(-c3cncc4ccccc34)nn2C=I1. The Balaban J connectivity index is 1.98. The quantitative estimate of drug-likeness (QED) is 0.627. The smallest absolute Gasteiger partial charge is 0.184 e. The van der Waals surface area contributed by atoms with E-state index < -0.39 is 0 Å². The fourth-order valence-corrected chi connectivity index (χ4v) is 3.54. The summed E-state index contributed by atoms with van der Waals surface area (Å²) >= 11 is -0.0270. The lowest BCUT2D eigenvalue weighted by Crippen LogP contribution is -2.00. The minimum Gasteiger partial charge on any atom is -0.263 e. The van der Waals surface area contributed by atoms with Crippen molar-refractivity contribution in [3.05, 3.63) is 46.6 Å². The van der Waals surface area contributed by atoms with Crippen molar-refractivity contribution in [1.82, 2.24) is 19.7 Å². The molecule has 0 amide bonds. The van der Waals surface area contributed by atoms with Crippen molar-refractivity contribution in [3.8, 4) is 11.4 Å². The average Bonchev–Trinajstić information content (AvgIpc) is 2.90. The number of benzene rings is 1. The van der Waals surface area contributed by atoms with E-state index in [0.717, 1.165) is 28.0 Å².